The SMILES string of the molecule is CCCCCOc1ccc(C(C)CC(O)C(C)O)cc1. The number of hydrogen-bond donors (Lipinski definition) is 2. The van der Waals surface area contributed by atoms with Gasteiger partial charge in [-0.05, 0) is 43.4 Å². The first kappa shape index (κ1) is 17.0. The van der Waals surface area contributed by atoms with E-state index in [0.717, 1.165) is 24.3 Å². The summed E-state index contributed by atoms with van der Waals surface area (Å²) in [5, 5.41) is 19.0. The van der Waals surface area contributed by atoms with Crippen LogP contribution in [0.5, 0.6) is 5.75 Å². The average Bonchev–Trinajstić information content (AvgIpc) is 2.44. The van der Waals surface area contributed by atoms with Gasteiger partial charge in [-0.2, -0.15) is 0 Å². The Hall–Kier alpha value is -1.06. The van der Waals surface area contributed by atoms with Crippen LogP contribution in [0, 0.1) is 0 Å². The van der Waals surface area contributed by atoms with Gasteiger partial charge < -0.3 is 14.9 Å². The van der Waals surface area contributed by atoms with Crippen molar-refractivity contribution in [1.82, 2.24) is 0 Å². The second-order valence-electron chi connectivity index (χ2n) is 5.57. The highest BCUT2D eigenvalue weighted by Gasteiger charge is 2.16. The van der Waals surface area contributed by atoms with Gasteiger partial charge in [-0.1, -0.05) is 38.8 Å². The van der Waals surface area contributed by atoms with Crippen LogP contribution in [0.1, 0.15) is 57.9 Å². The van der Waals surface area contributed by atoms with Crippen LogP contribution in [0.15, 0.2) is 24.3 Å². The molecule has 2 N–H and O–H groups in total. The van der Waals surface area contributed by atoms with Crippen LogP contribution >= 0.6 is 0 Å². The monoisotopic (exact) mass is 280 g/mol. The largest absolute Gasteiger partial charge is 0.494 e. The maximum Gasteiger partial charge on any atom is 0.119 e. The van der Waals surface area contributed by atoms with Gasteiger partial charge in [-0.15, -0.1) is 0 Å². The smallest absolute Gasteiger partial charge is 0.119 e. The molecule has 0 heterocycles. The molecule has 0 aliphatic heterocycles. The van der Waals surface area contributed by atoms with Gasteiger partial charge in [-0.3, -0.25) is 0 Å². The second-order valence-corrected chi connectivity index (χ2v) is 5.57. The summed E-state index contributed by atoms with van der Waals surface area (Å²) < 4.78 is 5.67. The lowest BCUT2D eigenvalue weighted by Crippen LogP contribution is -2.24. The third-order valence-electron chi connectivity index (χ3n) is 3.62. The lowest BCUT2D eigenvalue weighted by Gasteiger charge is -2.19. The topological polar surface area (TPSA) is 49.7 Å². The summed E-state index contributed by atoms with van der Waals surface area (Å²) >= 11 is 0. The minimum atomic E-state index is -0.682. The van der Waals surface area contributed by atoms with Crippen molar-refractivity contribution in [3.63, 3.8) is 0 Å². The highest BCUT2D eigenvalue weighted by Crippen LogP contribution is 2.24. The Bertz CT molecular complexity index is 359. The summed E-state index contributed by atoms with van der Waals surface area (Å²) in [4.78, 5) is 0. The maximum absolute atomic E-state index is 9.70. The van der Waals surface area contributed by atoms with Gasteiger partial charge in [0.1, 0.15) is 5.75 Å². The lowest BCUT2D eigenvalue weighted by atomic mass is 9.93. The molecule has 3 heteroatoms. The molecule has 0 aromatic heterocycles. The Morgan fingerprint density at radius 1 is 1.05 bits per heavy atom. The van der Waals surface area contributed by atoms with Crippen molar-refractivity contribution in [2.75, 3.05) is 6.61 Å². The molecule has 3 unspecified atom stereocenters. The van der Waals surface area contributed by atoms with Crippen molar-refractivity contribution >= 4 is 0 Å². The van der Waals surface area contributed by atoms with Gasteiger partial charge in [0, 0.05) is 0 Å². The highest BCUT2D eigenvalue weighted by atomic mass is 16.5. The molecule has 0 radical (unpaired) electrons. The Morgan fingerprint density at radius 3 is 2.25 bits per heavy atom. The zero-order valence-corrected chi connectivity index (χ0v) is 12.9. The van der Waals surface area contributed by atoms with Gasteiger partial charge >= 0.3 is 0 Å². The van der Waals surface area contributed by atoms with E-state index in [0.29, 0.717) is 6.42 Å². The Labute approximate surface area is 122 Å². The summed E-state index contributed by atoms with van der Waals surface area (Å²) in [6, 6.07) is 8.03. The molecule has 0 fully saturated rings. The molecule has 114 valence electrons. The van der Waals surface area contributed by atoms with Crippen molar-refractivity contribution in [1.29, 1.82) is 0 Å². The van der Waals surface area contributed by atoms with E-state index < -0.39 is 12.2 Å². The molecule has 0 bridgehead atoms. The van der Waals surface area contributed by atoms with Crippen LogP contribution in [0.4, 0.5) is 0 Å². The van der Waals surface area contributed by atoms with E-state index in [1.807, 2.05) is 24.3 Å². The number of rotatable bonds is 9. The molecule has 20 heavy (non-hydrogen) atoms. The number of ether oxygens (including phenoxy) is 1. The van der Waals surface area contributed by atoms with Crippen LogP contribution < -0.4 is 4.74 Å². The summed E-state index contributed by atoms with van der Waals surface area (Å²) in [7, 11) is 0. The molecule has 0 spiro atoms. The van der Waals surface area contributed by atoms with E-state index >= 15 is 0 Å². The van der Waals surface area contributed by atoms with E-state index in [-0.39, 0.29) is 5.92 Å². The molecule has 3 atom stereocenters. The summed E-state index contributed by atoms with van der Waals surface area (Å²) in [6.45, 7) is 6.62. The average molecular weight is 280 g/mol. The minimum absolute atomic E-state index is 0.216. The number of aliphatic hydroxyl groups excluding tert-OH is 2. The third kappa shape index (κ3) is 5.93. The Morgan fingerprint density at radius 2 is 1.70 bits per heavy atom. The van der Waals surface area contributed by atoms with E-state index in [1.165, 1.54) is 12.8 Å². The Kier molecular flexibility index (Phi) is 7.63. The normalized spacial score (nSPS) is 15.7. The molecule has 1 aromatic rings. The van der Waals surface area contributed by atoms with E-state index in [9.17, 15) is 10.2 Å². The van der Waals surface area contributed by atoms with Crippen molar-refractivity contribution in [3.05, 3.63) is 29.8 Å². The Balaban J connectivity index is 2.44. The van der Waals surface area contributed by atoms with Crippen LogP contribution in [0.2, 0.25) is 0 Å². The standard InChI is InChI=1S/C17H28O3/c1-4-5-6-11-20-16-9-7-15(8-10-16)13(2)12-17(19)14(3)18/h7-10,13-14,17-19H,4-6,11-12H2,1-3H3. The van der Waals surface area contributed by atoms with Gasteiger partial charge in [0.15, 0.2) is 0 Å². The van der Waals surface area contributed by atoms with Crippen LogP contribution in [0.25, 0.3) is 0 Å². The predicted octanol–water partition coefficient (Wildman–Crippen LogP) is 3.49. The number of unbranched alkanes of at least 4 members (excludes halogenated alkanes) is 2. The minimum Gasteiger partial charge on any atom is -0.494 e. The zero-order chi connectivity index (χ0) is 15.0. The van der Waals surface area contributed by atoms with Crippen LogP contribution in [-0.2, 0) is 0 Å². The first-order chi connectivity index (χ1) is 9.54. The van der Waals surface area contributed by atoms with Gasteiger partial charge in [0.25, 0.3) is 0 Å². The predicted molar refractivity (Wildman–Crippen MR) is 82.2 cm³/mol. The third-order valence-corrected chi connectivity index (χ3v) is 3.62. The molecule has 0 amide bonds. The fourth-order valence-corrected chi connectivity index (χ4v) is 2.13. The highest BCUT2D eigenvalue weighted by molar-refractivity contribution is 5.29. The number of aliphatic hydroxyl groups is 2. The lowest BCUT2D eigenvalue weighted by molar-refractivity contribution is 0.0227. The molecular formula is C17H28O3. The molecule has 3 nitrogen and oxygen atoms in total. The second kappa shape index (κ2) is 8.98. The van der Waals surface area contributed by atoms with Crippen molar-refractivity contribution < 1.29 is 14.9 Å². The molecule has 0 aliphatic carbocycles. The quantitative estimate of drug-likeness (QED) is 0.681. The molecule has 1 rings (SSSR count). The van der Waals surface area contributed by atoms with E-state index in [1.54, 1.807) is 6.92 Å². The summed E-state index contributed by atoms with van der Waals surface area (Å²) in [6.07, 6.45) is 2.70. The van der Waals surface area contributed by atoms with Gasteiger partial charge in [0.05, 0.1) is 18.8 Å². The van der Waals surface area contributed by atoms with Gasteiger partial charge in [-0.25, -0.2) is 0 Å². The zero-order valence-electron chi connectivity index (χ0n) is 12.9. The molecule has 1 aromatic carbocycles. The molecule has 0 saturated heterocycles. The van der Waals surface area contributed by atoms with Crippen molar-refractivity contribution in [2.45, 2.75) is 64.6 Å². The van der Waals surface area contributed by atoms with Crippen molar-refractivity contribution in [2.24, 2.45) is 0 Å². The van der Waals surface area contributed by atoms with Crippen molar-refractivity contribution in [3.8, 4) is 5.75 Å². The maximum atomic E-state index is 9.70. The van der Waals surface area contributed by atoms with Gasteiger partial charge in [0.2, 0.25) is 0 Å². The van der Waals surface area contributed by atoms with Crippen LogP contribution in [-0.4, -0.2) is 29.0 Å². The first-order valence-electron chi connectivity index (χ1n) is 7.63. The molecular weight excluding hydrogens is 252 g/mol. The number of benzene rings is 1. The fraction of sp³-hybridized carbons (Fsp3) is 0.647. The number of hydrogen-bond acceptors (Lipinski definition) is 3. The van der Waals surface area contributed by atoms with Crippen LogP contribution in [0.3, 0.4) is 0 Å². The molecule has 0 saturated carbocycles. The fourth-order valence-electron chi connectivity index (χ4n) is 2.13. The van der Waals surface area contributed by atoms with E-state index in [4.69, 9.17) is 4.74 Å². The first-order valence-corrected chi connectivity index (χ1v) is 7.63. The summed E-state index contributed by atoms with van der Waals surface area (Å²) in [5.74, 6) is 1.11. The molecule has 0 aliphatic rings. The van der Waals surface area contributed by atoms with E-state index in [2.05, 4.69) is 13.8 Å². The summed E-state index contributed by atoms with van der Waals surface area (Å²) in [5.41, 5.74) is 1.16.